The fourth-order valence-electron chi connectivity index (χ4n) is 1.08. The number of carbonyl (C=O) groups excluding carboxylic acids is 1. The fraction of sp³-hybridized carbons (Fsp3) is 0.455. The van der Waals surface area contributed by atoms with Crippen molar-refractivity contribution in [2.75, 3.05) is 18.2 Å². The summed E-state index contributed by atoms with van der Waals surface area (Å²) in [5.74, 6) is 0.386. The Bertz CT molecular complexity index is 413. The van der Waals surface area contributed by atoms with Crippen LogP contribution in [-0.4, -0.2) is 23.8 Å². The van der Waals surface area contributed by atoms with Crippen LogP contribution in [0.1, 0.15) is 20.8 Å². The molecule has 0 radical (unpaired) electrons. The molecule has 0 aromatic carbocycles. The molecule has 6 heteroatoms. The summed E-state index contributed by atoms with van der Waals surface area (Å²) >= 11 is 0. The highest BCUT2D eigenvalue weighted by Gasteiger charge is 2.17. The van der Waals surface area contributed by atoms with Crippen molar-refractivity contribution in [2.24, 2.45) is 0 Å². The topological polar surface area (TPSA) is 86.5 Å². The molecule has 0 unspecified atom stereocenters. The predicted octanol–water partition coefficient (Wildman–Crippen LogP) is 2.02. The van der Waals surface area contributed by atoms with Crippen molar-refractivity contribution < 1.29 is 14.3 Å². The zero-order valence-corrected chi connectivity index (χ0v) is 10.4. The molecule has 1 rings (SSSR count). The Morgan fingerprint density at radius 2 is 2.12 bits per heavy atom. The number of nitrogens with zero attached hydrogens (tertiary/aromatic N) is 1. The van der Waals surface area contributed by atoms with Crippen molar-refractivity contribution in [1.29, 1.82) is 0 Å². The van der Waals surface area contributed by atoms with E-state index in [0.29, 0.717) is 17.3 Å². The lowest BCUT2D eigenvalue weighted by atomic mass is 10.2. The van der Waals surface area contributed by atoms with Crippen LogP contribution in [0.4, 0.5) is 16.2 Å². The molecule has 0 atom stereocenters. The van der Waals surface area contributed by atoms with Crippen molar-refractivity contribution >= 4 is 17.5 Å². The van der Waals surface area contributed by atoms with E-state index >= 15 is 0 Å². The Kier molecular flexibility index (Phi) is 3.77. The molecule has 1 aromatic rings. The van der Waals surface area contributed by atoms with Crippen LogP contribution in [-0.2, 0) is 4.74 Å². The Hall–Kier alpha value is -1.98. The first-order chi connectivity index (χ1) is 7.81. The van der Waals surface area contributed by atoms with Gasteiger partial charge in [0.1, 0.15) is 5.60 Å². The number of anilines is 2. The standard InChI is InChI=1S/C11H17N3O3/c1-11(2,3)17-10(15)14-8-6-13-9(16-4)5-7(8)12/h5-6H,1-4H3,(H2,12,13)(H,14,15). The first-order valence-corrected chi connectivity index (χ1v) is 5.11. The number of nitrogen functional groups attached to an aromatic ring is 1. The van der Waals surface area contributed by atoms with E-state index in [9.17, 15) is 4.79 Å². The van der Waals surface area contributed by atoms with Gasteiger partial charge in [0, 0.05) is 6.07 Å². The monoisotopic (exact) mass is 239 g/mol. The van der Waals surface area contributed by atoms with Crippen LogP contribution < -0.4 is 15.8 Å². The highest BCUT2D eigenvalue weighted by Crippen LogP contribution is 2.21. The van der Waals surface area contributed by atoms with Crippen molar-refractivity contribution in [1.82, 2.24) is 4.98 Å². The number of amides is 1. The average Bonchev–Trinajstić information content (AvgIpc) is 2.18. The molecule has 0 spiro atoms. The van der Waals surface area contributed by atoms with Crippen LogP contribution in [0.2, 0.25) is 0 Å². The van der Waals surface area contributed by atoms with Crippen LogP contribution >= 0.6 is 0 Å². The van der Waals surface area contributed by atoms with E-state index in [-0.39, 0.29) is 0 Å². The van der Waals surface area contributed by atoms with Gasteiger partial charge in [0.25, 0.3) is 0 Å². The number of carbonyl (C=O) groups is 1. The lowest BCUT2D eigenvalue weighted by Crippen LogP contribution is -2.27. The van der Waals surface area contributed by atoms with Gasteiger partial charge in [-0.05, 0) is 20.8 Å². The molecule has 0 bridgehead atoms. The summed E-state index contributed by atoms with van der Waals surface area (Å²) in [6.07, 6.45) is 0.842. The van der Waals surface area contributed by atoms with Crippen LogP contribution in [0, 0.1) is 0 Å². The molecule has 1 amide bonds. The molecule has 3 N–H and O–H groups in total. The largest absolute Gasteiger partial charge is 0.481 e. The Balaban J connectivity index is 2.72. The van der Waals surface area contributed by atoms with Crippen molar-refractivity contribution in [2.45, 2.75) is 26.4 Å². The summed E-state index contributed by atoms with van der Waals surface area (Å²) in [4.78, 5) is 15.4. The van der Waals surface area contributed by atoms with Gasteiger partial charge >= 0.3 is 6.09 Å². The number of nitrogens with one attached hydrogen (secondary N) is 1. The van der Waals surface area contributed by atoms with Gasteiger partial charge in [-0.15, -0.1) is 0 Å². The van der Waals surface area contributed by atoms with Gasteiger partial charge in [0.05, 0.1) is 24.7 Å². The molecule has 0 fully saturated rings. The summed E-state index contributed by atoms with van der Waals surface area (Å²) in [5, 5.41) is 2.51. The molecular formula is C11H17N3O3. The summed E-state index contributed by atoms with van der Waals surface area (Å²) in [5.41, 5.74) is 5.91. The third-order valence-electron chi connectivity index (χ3n) is 1.76. The van der Waals surface area contributed by atoms with Gasteiger partial charge in [0.15, 0.2) is 0 Å². The maximum atomic E-state index is 11.5. The maximum absolute atomic E-state index is 11.5. The zero-order valence-electron chi connectivity index (χ0n) is 10.4. The minimum Gasteiger partial charge on any atom is -0.481 e. The first kappa shape index (κ1) is 13.1. The predicted molar refractivity (Wildman–Crippen MR) is 65.1 cm³/mol. The van der Waals surface area contributed by atoms with E-state index in [1.54, 1.807) is 20.8 Å². The molecule has 94 valence electrons. The van der Waals surface area contributed by atoms with Gasteiger partial charge < -0.3 is 15.2 Å². The van der Waals surface area contributed by atoms with E-state index in [0.717, 1.165) is 0 Å². The Morgan fingerprint density at radius 3 is 2.59 bits per heavy atom. The van der Waals surface area contributed by atoms with Crippen LogP contribution in [0.3, 0.4) is 0 Å². The lowest BCUT2D eigenvalue weighted by Gasteiger charge is -2.20. The second kappa shape index (κ2) is 4.90. The minimum absolute atomic E-state index is 0.364. The van der Waals surface area contributed by atoms with Crippen molar-refractivity contribution in [3.8, 4) is 5.88 Å². The summed E-state index contributed by atoms with van der Waals surface area (Å²) in [6.45, 7) is 5.34. The molecule has 0 aliphatic heterocycles. The van der Waals surface area contributed by atoms with E-state index in [1.165, 1.54) is 19.4 Å². The van der Waals surface area contributed by atoms with Crippen molar-refractivity contribution in [3.63, 3.8) is 0 Å². The lowest BCUT2D eigenvalue weighted by molar-refractivity contribution is 0.0636. The van der Waals surface area contributed by atoms with Gasteiger partial charge in [-0.25, -0.2) is 9.78 Å². The van der Waals surface area contributed by atoms with Gasteiger partial charge in [-0.2, -0.15) is 0 Å². The number of aromatic nitrogens is 1. The molecule has 0 saturated carbocycles. The third-order valence-corrected chi connectivity index (χ3v) is 1.76. The number of hydrogen-bond donors (Lipinski definition) is 2. The summed E-state index contributed by atoms with van der Waals surface area (Å²) in [6, 6.07) is 1.52. The van der Waals surface area contributed by atoms with Crippen LogP contribution in [0.5, 0.6) is 5.88 Å². The van der Waals surface area contributed by atoms with E-state index in [2.05, 4.69) is 10.3 Å². The highest BCUT2D eigenvalue weighted by molar-refractivity contribution is 5.88. The smallest absolute Gasteiger partial charge is 0.412 e. The highest BCUT2D eigenvalue weighted by atomic mass is 16.6. The number of methoxy groups -OCH3 is 1. The van der Waals surface area contributed by atoms with Crippen molar-refractivity contribution in [3.05, 3.63) is 12.3 Å². The number of hydrogen-bond acceptors (Lipinski definition) is 5. The molecule has 6 nitrogen and oxygen atoms in total. The molecule has 1 heterocycles. The first-order valence-electron chi connectivity index (χ1n) is 5.11. The van der Waals surface area contributed by atoms with Crippen LogP contribution in [0.15, 0.2) is 12.3 Å². The SMILES string of the molecule is COc1cc(N)c(NC(=O)OC(C)(C)C)cn1. The van der Waals surface area contributed by atoms with Gasteiger partial charge in [0.2, 0.25) is 5.88 Å². The molecule has 0 aliphatic rings. The molecule has 0 aliphatic carbocycles. The van der Waals surface area contributed by atoms with Crippen LogP contribution in [0.25, 0.3) is 0 Å². The summed E-state index contributed by atoms with van der Waals surface area (Å²) in [7, 11) is 1.49. The molecule has 0 saturated heterocycles. The van der Waals surface area contributed by atoms with Gasteiger partial charge in [-0.1, -0.05) is 0 Å². The third kappa shape index (κ3) is 4.18. The average molecular weight is 239 g/mol. The number of nitrogens with two attached hydrogens (primary N) is 1. The number of ether oxygens (including phenoxy) is 2. The van der Waals surface area contributed by atoms with E-state index in [1.807, 2.05) is 0 Å². The number of pyridine rings is 1. The Morgan fingerprint density at radius 1 is 1.47 bits per heavy atom. The normalized spacial score (nSPS) is 10.8. The maximum Gasteiger partial charge on any atom is 0.412 e. The second-order valence-corrected chi connectivity index (χ2v) is 4.44. The molecular weight excluding hydrogens is 222 g/mol. The quantitative estimate of drug-likeness (QED) is 0.824. The Labute approximate surface area is 100 Å². The molecule has 1 aromatic heterocycles. The fourth-order valence-corrected chi connectivity index (χ4v) is 1.08. The van der Waals surface area contributed by atoms with E-state index in [4.69, 9.17) is 15.2 Å². The van der Waals surface area contributed by atoms with Gasteiger partial charge in [-0.3, -0.25) is 5.32 Å². The zero-order chi connectivity index (χ0) is 13.1. The minimum atomic E-state index is -0.573. The number of rotatable bonds is 2. The second-order valence-electron chi connectivity index (χ2n) is 4.44. The summed E-state index contributed by atoms with van der Waals surface area (Å²) < 4.78 is 9.99. The molecule has 17 heavy (non-hydrogen) atoms. The van der Waals surface area contributed by atoms with E-state index < -0.39 is 11.7 Å².